The van der Waals surface area contributed by atoms with E-state index < -0.39 is 74.4 Å². The van der Waals surface area contributed by atoms with Gasteiger partial charge in [-0.3, -0.25) is 34.0 Å². The summed E-state index contributed by atoms with van der Waals surface area (Å²) in [5.74, 6) is -1.10. The summed E-state index contributed by atoms with van der Waals surface area (Å²) in [5, 5.41) is 32.0. The number of amides is 2. The molecule has 121 heavy (non-hydrogen) atoms. The number of unbranched alkanes of at least 4 members (excludes halogenated alkanes) is 45. The minimum Gasteiger partial charge on any atom is -0.490 e. The van der Waals surface area contributed by atoms with E-state index in [4.69, 9.17) is 89.6 Å². The van der Waals surface area contributed by atoms with Gasteiger partial charge in [0, 0.05) is 32.3 Å². The number of hydrogen-bond donors (Lipinski definition) is 2. The number of hydrogen-bond acceptors (Lipinski definition) is 25. The summed E-state index contributed by atoms with van der Waals surface area (Å²) in [6.07, 6.45) is 56.7. The third-order valence-corrected chi connectivity index (χ3v) is 26.3. The number of ether oxygens (including phenoxy) is 7. The van der Waals surface area contributed by atoms with Crippen LogP contribution in [0.15, 0.2) is 27.1 Å². The highest BCUT2D eigenvalue weighted by Gasteiger charge is 2.54. The fourth-order valence-electron chi connectivity index (χ4n) is 14.9. The zero-order chi connectivity index (χ0) is 87.7. The van der Waals surface area contributed by atoms with E-state index >= 15 is 0 Å². The van der Waals surface area contributed by atoms with E-state index in [1.807, 2.05) is 12.1 Å². The minimum absolute atomic E-state index is 0.00629. The molecule has 1 aromatic rings. The first-order valence-corrected chi connectivity index (χ1v) is 53.0. The fraction of sp³-hybridized carbons (Fsp3) is 0.837. The van der Waals surface area contributed by atoms with E-state index in [0.29, 0.717) is 42.6 Å². The normalized spacial score (nSPS) is 17.8. The number of aliphatic hydroxyl groups excluding tert-OH is 1. The molecule has 0 aliphatic carbocycles. The predicted octanol–water partition coefficient (Wildman–Crippen LogP) is 22.3. The Kier molecular flexibility index (Phi) is 62.1. The van der Waals surface area contributed by atoms with Crippen LogP contribution in [0.5, 0.6) is 17.2 Å². The van der Waals surface area contributed by atoms with Gasteiger partial charge in [0.15, 0.2) is 29.9 Å². The molecule has 692 valence electrons. The Labute approximate surface area is 740 Å². The topological polar surface area (TPSA) is 302 Å². The molecule has 1 saturated heterocycles. The first-order valence-electron chi connectivity index (χ1n) is 47.3. The molecule has 2 N–H and O–H groups in total. The van der Waals surface area contributed by atoms with Crippen LogP contribution in [0, 0.1) is 28.6 Å². The number of aliphatic imine (C=N–C) groups is 3. The van der Waals surface area contributed by atoms with Crippen molar-refractivity contribution in [3.8, 4) is 29.4 Å². The number of likely N-dealkylation sites (N-methyl/N-ethyl adjacent to an activating group) is 1. The molecule has 29 heteroatoms. The molecular weight excluding hydrogens is 1620 g/mol. The van der Waals surface area contributed by atoms with Crippen molar-refractivity contribution >= 4 is 78.8 Å². The van der Waals surface area contributed by atoms with Crippen LogP contribution in [0.4, 0.5) is 0 Å². The largest absolute Gasteiger partial charge is 0.490 e. The summed E-state index contributed by atoms with van der Waals surface area (Å²) in [4.78, 5) is 70.7. The van der Waals surface area contributed by atoms with Gasteiger partial charge < -0.3 is 66.2 Å². The summed E-state index contributed by atoms with van der Waals surface area (Å²) < 4.78 is 73.7. The molecule has 0 aromatic heterocycles. The van der Waals surface area contributed by atoms with Crippen LogP contribution in [-0.4, -0.2) is 180 Å². The highest BCUT2D eigenvalue weighted by molar-refractivity contribution is 8.09. The number of carbonyl (C=O) groups excluding carboxylic acids is 4. The number of benzene rings is 1. The molecule has 4 rings (SSSR count). The average Bonchev–Trinajstić information content (AvgIpc) is 1.61. The van der Waals surface area contributed by atoms with E-state index in [-0.39, 0.29) is 88.9 Å². The van der Waals surface area contributed by atoms with Crippen LogP contribution in [-0.2, 0) is 79.6 Å². The van der Waals surface area contributed by atoms with Crippen molar-refractivity contribution in [2.75, 3.05) is 86.8 Å². The molecule has 5 unspecified atom stereocenters. The molecule has 3 aliphatic heterocycles. The monoisotopic (exact) mass is 1780 g/mol. The Hall–Kier alpha value is -4.89. The van der Waals surface area contributed by atoms with Crippen molar-refractivity contribution in [2.24, 2.45) is 20.9 Å². The summed E-state index contributed by atoms with van der Waals surface area (Å²) in [5.41, 5.74) is 0.369. The van der Waals surface area contributed by atoms with Crippen molar-refractivity contribution < 1.29 is 80.1 Å². The van der Waals surface area contributed by atoms with Gasteiger partial charge in [-0.25, -0.2) is 4.99 Å². The Balaban J connectivity index is 1.37. The third-order valence-electron chi connectivity index (χ3n) is 22.2. The molecule has 25 nitrogen and oxygen atoms in total. The summed E-state index contributed by atoms with van der Waals surface area (Å²) in [6, 6.07) is 6.65. The third kappa shape index (κ3) is 48.6. The number of nitrogens with zero attached hydrogens (tertiary/aromatic N) is 7. The second-order valence-electron chi connectivity index (χ2n) is 33.2. The van der Waals surface area contributed by atoms with Crippen LogP contribution < -0.4 is 19.5 Å². The summed E-state index contributed by atoms with van der Waals surface area (Å²) in [6.45, 7) is 4.84. The molecule has 8 atom stereocenters. The molecule has 2 amide bonds. The standard InChI is InChI=1S/C92H160N8O17P2S2/c1-9-12-15-18-21-24-27-30-33-36-39-42-45-48-51-54-64-107-78-72-77(73-79(108-65-55-52-49-46-43-40-37-34-31-28-25-22-19-16-13-10-2)84(78)111-66-56-53-50-47-44-41-38-35-32-29-26-23-20-17-14-11-3)90(105)99(6)63-69-109-81(102)59-60-82(103)110-70-71-114-119(121,113-68-58-62-94)116-85-80(74-101)115-91(86(85)106-7)100-75-95-83-87(100)96-92(97-88(104)76(4)5)98-89(83)117-118(8,120)112-67-57-61-93/h72-73,75-76,80,83,85-87,91,101H,9-60,63-71,74H2,1-8H3,(H,96,97,104)/t80-,83?,85?,86+,87?,91-,118?,119?/m1/s1. The lowest BCUT2D eigenvalue weighted by Crippen LogP contribution is -2.52. The van der Waals surface area contributed by atoms with Crippen molar-refractivity contribution in [3.05, 3.63) is 17.7 Å². The number of carbonyl (C=O) groups is 4. The van der Waals surface area contributed by atoms with E-state index in [1.54, 1.807) is 44.6 Å². The van der Waals surface area contributed by atoms with Gasteiger partial charge in [0.05, 0.1) is 97.0 Å². The molecule has 1 fully saturated rings. The molecule has 3 aliphatic rings. The van der Waals surface area contributed by atoms with Gasteiger partial charge in [0.2, 0.25) is 30.0 Å². The smallest absolute Gasteiger partial charge is 0.327 e. The summed E-state index contributed by atoms with van der Waals surface area (Å²) in [7, 11) is 3.05. The molecule has 3 heterocycles. The van der Waals surface area contributed by atoms with Crippen molar-refractivity contribution in [3.63, 3.8) is 0 Å². The van der Waals surface area contributed by atoms with Crippen molar-refractivity contribution in [1.82, 2.24) is 15.1 Å². The number of aliphatic hydroxyl groups is 1. The van der Waals surface area contributed by atoms with Gasteiger partial charge in [0.1, 0.15) is 31.5 Å². The summed E-state index contributed by atoms with van der Waals surface area (Å²) >= 11 is 11.5. The second-order valence-corrected chi connectivity index (χ2v) is 40.1. The number of nitrogens with one attached hydrogen (secondary N) is 1. The SMILES string of the molecule is CCCCCCCCCCCCCCCCCCOc1cc(C(=O)N(C)CCOC(=O)CCC(=O)OCCOP(=S)(OCCC#N)OC2[C@@H](CO)O[C@@H](N3C=NC4C(OP(C)(=S)OCCC#N)=NC(NC(=O)C(C)C)=NC43)[C@H]2OC)cc(OCCCCCCCCCCCCCCCCCC)c1OCCCCCCCCCCCCCCCCCC. The first-order chi connectivity index (χ1) is 58.9. The quantitative estimate of drug-likeness (QED) is 0.0348. The van der Waals surface area contributed by atoms with E-state index in [0.717, 1.165) is 57.8 Å². The van der Waals surface area contributed by atoms with Crippen LogP contribution in [0.25, 0.3) is 0 Å². The molecule has 0 saturated carbocycles. The Morgan fingerprint density at radius 2 is 0.950 bits per heavy atom. The van der Waals surface area contributed by atoms with Gasteiger partial charge >= 0.3 is 18.7 Å². The van der Waals surface area contributed by atoms with Crippen LogP contribution >= 0.6 is 13.2 Å². The van der Waals surface area contributed by atoms with Gasteiger partial charge in [-0.15, -0.1) is 0 Å². The minimum atomic E-state index is -3.87. The number of methoxy groups -OCH3 is 1. The van der Waals surface area contributed by atoms with E-state index in [2.05, 4.69) is 36.1 Å². The maximum Gasteiger partial charge on any atom is 0.327 e. The highest BCUT2D eigenvalue weighted by Crippen LogP contribution is 2.54. The second kappa shape index (κ2) is 69.3. The van der Waals surface area contributed by atoms with E-state index in [1.165, 1.54) is 269 Å². The lowest BCUT2D eigenvalue weighted by atomic mass is 10.0. The van der Waals surface area contributed by atoms with Gasteiger partial charge in [-0.05, 0) is 55.0 Å². The van der Waals surface area contributed by atoms with Gasteiger partial charge in [0.25, 0.3) is 5.91 Å². The predicted molar refractivity (Wildman–Crippen MR) is 491 cm³/mol. The first kappa shape index (κ1) is 108. The van der Waals surface area contributed by atoms with Crippen molar-refractivity contribution in [1.29, 1.82) is 10.5 Å². The Bertz CT molecular complexity index is 3180. The Morgan fingerprint density at radius 1 is 0.554 bits per heavy atom. The van der Waals surface area contributed by atoms with Crippen LogP contribution in [0.1, 0.15) is 379 Å². The lowest BCUT2D eigenvalue weighted by molar-refractivity contribution is -0.150. The number of nitriles is 2. The lowest BCUT2D eigenvalue weighted by Gasteiger charge is -2.35. The molecule has 0 bridgehead atoms. The van der Waals surface area contributed by atoms with E-state index in [9.17, 15) is 29.5 Å². The molecular formula is C92H160N8O17P2S2. The average molecular weight is 1780 g/mol. The number of esters is 2. The maximum atomic E-state index is 14.5. The number of rotatable bonds is 78. The maximum absolute atomic E-state index is 14.5. The van der Waals surface area contributed by atoms with Gasteiger partial charge in [-0.1, -0.05) is 324 Å². The Morgan fingerprint density at radius 3 is 1.36 bits per heavy atom. The zero-order valence-corrected chi connectivity index (χ0v) is 79.4. The van der Waals surface area contributed by atoms with Crippen LogP contribution in [0.3, 0.4) is 0 Å². The molecule has 0 spiro atoms. The van der Waals surface area contributed by atoms with Crippen molar-refractivity contribution in [2.45, 2.75) is 405 Å². The number of fused-ring (bicyclic) bond motifs is 1. The zero-order valence-electron chi connectivity index (χ0n) is 75.9. The fourth-order valence-corrected chi connectivity index (χ4v) is 18.4. The van der Waals surface area contributed by atoms with Gasteiger partial charge in [-0.2, -0.15) is 15.5 Å². The highest BCUT2D eigenvalue weighted by atomic mass is 32.5. The number of guanidine groups is 1. The van der Waals surface area contributed by atoms with Crippen LogP contribution in [0.2, 0.25) is 0 Å². The molecule has 0 radical (unpaired) electrons. The molecule has 1 aromatic carbocycles.